The summed E-state index contributed by atoms with van der Waals surface area (Å²) in [6.45, 7) is 0.378. The molecule has 0 radical (unpaired) electrons. The molecule has 21 heavy (non-hydrogen) atoms. The van der Waals surface area contributed by atoms with Crippen molar-refractivity contribution in [3.8, 4) is 5.75 Å². The van der Waals surface area contributed by atoms with Crippen molar-refractivity contribution in [3.63, 3.8) is 0 Å². The molecule has 0 aliphatic rings. The first-order valence-corrected chi connectivity index (χ1v) is 6.50. The average molecular weight is 282 g/mol. The Morgan fingerprint density at radius 1 is 1.29 bits per heavy atom. The number of carboxylic acids is 1. The first-order chi connectivity index (χ1) is 10.1. The molecule has 3 rings (SSSR count). The lowest BCUT2D eigenvalue weighted by Gasteiger charge is -2.06. The largest absolute Gasteiger partial charge is 0.487 e. The molecule has 0 saturated carbocycles. The molecular formula is C16H14N2O3. The molecule has 0 aliphatic heterocycles. The highest BCUT2D eigenvalue weighted by atomic mass is 16.5. The summed E-state index contributed by atoms with van der Waals surface area (Å²) in [5, 5.41) is 10.0. The van der Waals surface area contributed by atoms with Gasteiger partial charge in [-0.3, -0.25) is 4.98 Å². The summed E-state index contributed by atoms with van der Waals surface area (Å²) in [6.07, 6.45) is 1.72. The number of pyridine rings is 1. The molecule has 0 atom stereocenters. The quantitative estimate of drug-likeness (QED) is 0.799. The van der Waals surface area contributed by atoms with Crippen LogP contribution in [0.1, 0.15) is 16.2 Å². The number of hydrogen-bond acceptors (Lipinski definition) is 3. The molecule has 0 fully saturated rings. The van der Waals surface area contributed by atoms with E-state index < -0.39 is 5.97 Å². The molecule has 0 aliphatic carbocycles. The van der Waals surface area contributed by atoms with E-state index in [0.717, 1.165) is 16.6 Å². The smallest absolute Gasteiger partial charge is 0.352 e. The summed E-state index contributed by atoms with van der Waals surface area (Å²) in [4.78, 5) is 15.3. The molecular weight excluding hydrogens is 268 g/mol. The fraction of sp³-hybridized carbons (Fsp3) is 0.125. The molecule has 0 bridgehead atoms. The number of ether oxygens (including phenoxy) is 1. The van der Waals surface area contributed by atoms with E-state index in [0.29, 0.717) is 12.4 Å². The number of benzene rings is 1. The van der Waals surface area contributed by atoms with Crippen LogP contribution in [0.15, 0.2) is 48.7 Å². The van der Waals surface area contributed by atoms with E-state index in [9.17, 15) is 4.79 Å². The number of carbonyl (C=O) groups is 1. The van der Waals surface area contributed by atoms with Crippen molar-refractivity contribution in [2.24, 2.45) is 7.05 Å². The SMILES string of the molecule is Cn1c(C(=O)O)cc2ccc(OCc3ccccn3)cc21. The predicted octanol–water partition coefficient (Wildman–Crippen LogP) is 2.85. The highest BCUT2D eigenvalue weighted by Crippen LogP contribution is 2.24. The Labute approximate surface area is 121 Å². The summed E-state index contributed by atoms with van der Waals surface area (Å²) in [6, 6.07) is 12.8. The number of hydrogen-bond donors (Lipinski definition) is 1. The third-order valence-corrected chi connectivity index (χ3v) is 3.35. The number of nitrogens with zero attached hydrogens (tertiary/aromatic N) is 2. The Kier molecular flexibility index (Phi) is 3.31. The molecule has 3 aromatic rings. The van der Waals surface area contributed by atoms with Crippen LogP contribution in [0.3, 0.4) is 0 Å². The zero-order valence-corrected chi connectivity index (χ0v) is 11.5. The normalized spacial score (nSPS) is 10.7. The van der Waals surface area contributed by atoms with Gasteiger partial charge in [0.15, 0.2) is 0 Å². The fourth-order valence-electron chi connectivity index (χ4n) is 2.25. The van der Waals surface area contributed by atoms with Gasteiger partial charge < -0.3 is 14.4 Å². The number of aryl methyl sites for hydroxylation is 1. The van der Waals surface area contributed by atoms with Crippen LogP contribution in [-0.4, -0.2) is 20.6 Å². The summed E-state index contributed by atoms with van der Waals surface area (Å²) >= 11 is 0. The van der Waals surface area contributed by atoms with Gasteiger partial charge >= 0.3 is 5.97 Å². The number of aromatic nitrogens is 2. The van der Waals surface area contributed by atoms with Crippen LogP contribution in [0, 0.1) is 0 Å². The molecule has 2 heterocycles. The molecule has 1 aromatic carbocycles. The Hall–Kier alpha value is -2.82. The van der Waals surface area contributed by atoms with E-state index in [4.69, 9.17) is 9.84 Å². The van der Waals surface area contributed by atoms with Crippen LogP contribution >= 0.6 is 0 Å². The van der Waals surface area contributed by atoms with Crippen molar-refractivity contribution in [2.75, 3.05) is 0 Å². The summed E-state index contributed by atoms with van der Waals surface area (Å²) in [5.74, 6) is -0.254. The zero-order chi connectivity index (χ0) is 14.8. The van der Waals surface area contributed by atoms with Crippen molar-refractivity contribution in [3.05, 3.63) is 60.0 Å². The van der Waals surface area contributed by atoms with Gasteiger partial charge in [-0.15, -0.1) is 0 Å². The molecule has 5 nitrogen and oxygen atoms in total. The van der Waals surface area contributed by atoms with Gasteiger partial charge in [0, 0.05) is 24.7 Å². The molecule has 1 N–H and O–H groups in total. The van der Waals surface area contributed by atoms with Gasteiger partial charge in [-0.05, 0) is 30.3 Å². The average Bonchev–Trinajstić information content (AvgIpc) is 2.83. The second kappa shape index (κ2) is 5.28. The van der Waals surface area contributed by atoms with Crippen LogP contribution in [0.25, 0.3) is 10.9 Å². The van der Waals surface area contributed by atoms with E-state index >= 15 is 0 Å². The Bertz CT molecular complexity index is 794. The highest BCUT2D eigenvalue weighted by molar-refractivity contribution is 5.94. The van der Waals surface area contributed by atoms with Crippen LogP contribution < -0.4 is 4.74 Å². The lowest BCUT2D eigenvalue weighted by atomic mass is 10.2. The number of rotatable bonds is 4. The first kappa shape index (κ1) is 13.2. The minimum atomic E-state index is -0.940. The van der Waals surface area contributed by atoms with Crippen LogP contribution in [0.5, 0.6) is 5.75 Å². The number of carboxylic acid groups (broad SMARTS) is 1. The van der Waals surface area contributed by atoms with Gasteiger partial charge in [0.2, 0.25) is 0 Å². The zero-order valence-electron chi connectivity index (χ0n) is 11.5. The Balaban J connectivity index is 1.87. The summed E-state index contributed by atoms with van der Waals surface area (Å²) in [7, 11) is 1.73. The molecule has 5 heteroatoms. The molecule has 0 unspecified atom stereocenters. The van der Waals surface area contributed by atoms with E-state index in [1.54, 1.807) is 23.9 Å². The van der Waals surface area contributed by atoms with Crippen molar-refractivity contribution >= 4 is 16.9 Å². The van der Waals surface area contributed by atoms with Crippen molar-refractivity contribution < 1.29 is 14.6 Å². The predicted molar refractivity (Wildman–Crippen MR) is 78.4 cm³/mol. The number of fused-ring (bicyclic) bond motifs is 1. The van der Waals surface area contributed by atoms with Crippen LogP contribution in [0.4, 0.5) is 0 Å². The lowest BCUT2D eigenvalue weighted by Crippen LogP contribution is -2.03. The second-order valence-corrected chi connectivity index (χ2v) is 4.72. The van der Waals surface area contributed by atoms with Gasteiger partial charge in [0.1, 0.15) is 18.1 Å². The standard InChI is InChI=1S/C16H14N2O3/c1-18-14-9-13(21-10-12-4-2-3-7-17-12)6-5-11(14)8-15(18)16(19)20/h2-9H,10H2,1H3,(H,19,20). The maximum atomic E-state index is 11.1. The third kappa shape index (κ3) is 2.58. The van der Waals surface area contributed by atoms with E-state index in [2.05, 4.69) is 4.98 Å². The van der Waals surface area contributed by atoms with Gasteiger partial charge in [-0.1, -0.05) is 6.07 Å². The molecule has 0 saturated heterocycles. The van der Waals surface area contributed by atoms with Crippen molar-refractivity contribution in [2.45, 2.75) is 6.61 Å². The van der Waals surface area contributed by atoms with Gasteiger partial charge in [-0.2, -0.15) is 0 Å². The van der Waals surface area contributed by atoms with E-state index in [1.807, 2.05) is 36.4 Å². The lowest BCUT2D eigenvalue weighted by molar-refractivity contribution is 0.0687. The van der Waals surface area contributed by atoms with Gasteiger partial charge in [0.25, 0.3) is 0 Å². The number of aromatic carboxylic acids is 1. The third-order valence-electron chi connectivity index (χ3n) is 3.35. The second-order valence-electron chi connectivity index (χ2n) is 4.72. The molecule has 0 spiro atoms. The molecule has 2 aromatic heterocycles. The molecule has 0 amide bonds. The first-order valence-electron chi connectivity index (χ1n) is 6.50. The van der Waals surface area contributed by atoms with Gasteiger partial charge in [0.05, 0.1) is 11.2 Å². The topological polar surface area (TPSA) is 64.4 Å². The van der Waals surface area contributed by atoms with E-state index in [1.165, 1.54) is 0 Å². The van der Waals surface area contributed by atoms with Crippen LogP contribution in [-0.2, 0) is 13.7 Å². The fourth-order valence-corrected chi connectivity index (χ4v) is 2.25. The molecule has 106 valence electrons. The Morgan fingerprint density at radius 3 is 2.86 bits per heavy atom. The van der Waals surface area contributed by atoms with Crippen molar-refractivity contribution in [1.82, 2.24) is 9.55 Å². The maximum Gasteiger partial charge on any atom is 0.352 e. The monoisotopic (exact) mass is 282 g/mol. The minimum Gasteiger partial charge on any atom is -0.487 e. The maximum absolute atomic E-state index is 11.1. The van der Waals surface area contributed by atoms with E-state index in [-0.39, 0.29) is 5.69 Å². The minimum absolute atomic E-state index is 0.256. The van der Waals surface area contributed by atoms with Crippen molar-refractivity contribution in [1.29, 1.82) is 0 Å². The Morgan fingerprint density at radius 2 is 2.14 bits per heavy atom. The van der Waals surface area contributed by atoms with Gasteiger partial charge in [-0.25, -0.2) is 4.79 Å². The van der Waals surface area contributed by atoms with Crippen LogP contribution in [0.2, 0.25) is 0 Å². The highest BCUT2D eigenvalue weighted by Gasteiger charge is 2.12. The summed E-state index contributed by atoms with van der Waals surface area (Å²) in [5.41, 5.74) is 1.92. The summed E-state index contributed by atoms with van der Waals surface area (Å²) < 4.78 is 7.35.